The minimum absolute atomic E-state index is 1.02. The number of para-hydroxylation sites is 3. The van der Waals surface area contributed by atoms with E-state index in [-0.39, 0.29) is 0 Å². The van der Waals surface area contributed by atoms with Crippen molar-refractivity contribution in [3.05, 3.63) is 72.8 Å². The van der Waals surface area contributed by atoms with E-state index in [1.54, 1.807) is 0 Å². The van der Waals surface area contributed by atoms with Crippen LogP contribution in [0.5, 0.6) is 0 Å². The summed E-state index contributed by atoms with van der Waals surface area (Å²) in [5.74, 6) is 0. The molecule has 0 saturated heterocycles. The molecular formula is C30H42AsN3. The van der Waals surface area contributed by atoms with E-state index in [0.29, 0.717) is 0 Å². The molecule has 3 nitrogen and oxygen atoms in total. The summed E-state index contributed by atoms with van der Waals surface area (Å²) in [6.45, 7) is 19.7. The van der Waals surface area contributed by atoms with E-state index >= 15 is 0 Å². The first kappa shape index (κ1) is 26.2. The molecule has 34 heavy (non-hydrogen) atoms. The second-order valence-electron chi connectivity index (χ2n) is 8.32. The van der Waals surface area contributed by atoms with Gasteiger partial charge in [0.2, 0.25) is 0 Å². The topological polar surface area (TPSA) is 9.72 Å². The second kappa shape index (κ2) is 12.9. The number of rotatable bonds is 12. The zero-order valence-corrected chi connectivity index (χ0v) is 23.8. The van der Waals surface area contributed by atoms with E-state index in [4.69, 9.17) is 0 Å². The molecule has 182 valence electrons. The van der Waals surface area contributed by atoms with Crippen LogP contribution in [0.4, 0.5) is 17.1 Å². The van der Waals surface area contributed by atoms with Crippen LogP contribution in [0.2, 0.25) is 0 Å². The van der Waals surface area contributed by atoms with Gasteiger partial charge in [-0.3, -0.25) is 0 Å². The maximum atomic E-state index is 2.52. The summed E-state index contributed by atoms with van der Waals surface area (Å²) >= 11 is -1.90. The Bertz CT molecular complexity index is 891. The van der Waals surface area contributed by atoms with Crippen molar-refractivity contribution in [3.63, 3.8) is 0 Å². The Hall–Kier alpha value is -2.38. The summed E-state index contributed by atoms with van der Waals surface area (Å²) in [5.41, 5.74) is 4.20. The Morgan fingerprint density at radius 1 is 0.412 bits per heavy atom. The summed E-state index contributed by atoms with van der Waals surface area (Å²) < 4.78 is 4.58. The van der Waals surface area contributed by atoms with E-state index in [2.05, 4.69) is 129 Å². The fourth-order valence-electron chi connectivity index (χ4n) is 4.84. The van der Waals surface area contributed by atoms with E-state index in [1.165, 1.54) is 30.1 Å². The summed E-state index contributed by atoms with van der Waals surface area (Å²) in [5, 5.41) is 0. The quantitative estimate of drug-likeness (QED) is 0.320. The van der Waals surface area contributed by atoms with Gasteiger partial charge in [-0.2, -0.15) is 0 Å². The standard InChI is InChI=1S/C30H42AsN3/c1-7-32(8-2)28-22-16-13-19-25(28)31(26-20-14-17-23-29(26)33(9-3)10-4)27-21-15-18-24-30(27)34(11-5)12-6/h13-24H,7-12H2,1-6H3. The zero-order valence-electron chi connectivity index (χ0n) is 22.0. The van der Waals surface area contributed by atoms with E-state index in [1.807, 2.05) is 0 Å². The normalized spacial score (nSPS) is 11.0. The number of hydrogen-bond acceptors (Lipinski definition) is 3. The van der Waals surface area contributed by atoms with Crippen molar-refractivity contribution in [2.24, 2.45) is 0 Å². The molecule has 0 aliphatic carbocycles. The molecule has 0 unspecified atom stereocenters. The van der Waals surface area contributed by atoms with Crippen LogP contribution in [0.3, 0.4) is 0 Å². The van der Waals surface area contributed by atoms with Crippen molar-refractivity contribution in [2.45, 2.75) is 41.5 Å². The third kappa shape index (κ3) is 5.47. The fourth-order valence-corrected chi connectivity index (χ4v) is 10.8. The molecule has 0 radical (unpaired) electrons. The molecule has 0 heterocycles. The summed E-state index contributed by atoms with van der Waals surface area (Å²) in [7, 11) is 0. The third-order valence-corrected chi connectivity index (χ3v) is 12.1. The SMILES string of the molecule is CCN(CC)c1ccccc1[As](c1ccccc1N(CC)CC)c1ccccc1N(CC)CC. The molecule has 0 aliphatic rings. The molecule has 4 heteroatoms. The number of benzene rings is 3. The number of anilines is 3. The Morgan fingerprint density at radius 3 is 0.882 bits per heavy atom. The van der Waals surface area contributed by atoms with Gasteiger partial charge in [-0.05, 0) is 0 Å². The third-order valence-electron chi connectivity index (χ3n) is 6.68. The van der Waals surface area contributed by atoms with E-state index in [0.717, 1.165) is 39.3 Å². The van der Waals surface area contributed by atoms with Crippen LogP contribution in [-0.4, -0.2) is 53.9 Å². The summed E-state index contributed by atoms with van der Waals surface area (Å²) in [6.07, 6.45) is 0. The van der Waals surface area contributed by atoms with Gasteiger partial charge in [0.15, 0.2) is 0 Å². The molecule has 3 rings (SSSR count). The van der Waals surface area contributed by atoms with Gasteiger partial charge in [-0.25, -0.2) is 0 Å². The average molecular weight is 520 g/mol. The van der Waals surface area contributed by atoms with Crippen LogP contribution in [0.15, 0.2) is 72.8 Å². The summed E-state index contributed by atoms with van der Waals surface area (Å²) in [4.78, 5) is 7.57. The molecule has 0 aromatic heterocycles. The van der Waals surface area contributed by atoms with Crippen LogP contribution in [-0.2, 0) is 0 Å². The fraction of sp³-hybridized carbons (Fsp3) is 0.400. The predicted octanol–water partition coefficient (Wildman–Crippen LogP) is 4.74. The predicted molar refractivity (Wildman–Crippen MR) is 155 cm³/mol. The van der Waals surface area contributed by atoms with E-state index in [9.17, 15) is 0 Å². The first-order valence-corrected chi connectivity index (χ1v) is 15.8. The van der Waals surface area contributed by atoms with Gasteiger partial charge in [0.25, 0.3) is 0 Å². The van der Waals surface area contributed by atoms with Gasteiger partial charge in [-0.15, -0.1) is 0 Å². The van der Waals surface area contributed by atoms with Crippen molar-refractivity contribution in [1.29, 1.82) is 0 Å². The second-order valence-corrected chi connectivity index (χ2v) is 12.8. The molecule has 0 aliphatic heterocycles. The first-order chi connectivity index (χ1) is 16.6. The van der Waals surface area contributed by atoms with Gasteiger partial charge in [-0.1, -0.05) is 0 Å². The van der Waals surface area contributed by atoms with Crippen LogP contribution < -0.4 is 27.8 Å². The molecule has 0 fully saturated rings. The molecule has 0 bridgehead atoms. The first-order valence-electron chi connectivity index (χ1n) is 13.0. The number of hydrogen-bond donors (Lipinski definition) is 0. The van der Waals surface area contributed by atoms with Crippen LogP contribution >= 0.6 is 0 Å². The van der Waals surface area contributed by atoms with Crippen molar-refractivity contribution in [3.8, 4) is 0 Å². The van der Waals surface area contributed by atoms with Gasteiger partial charge in [0.1, 0.15) is 0 Å². The van der Waals surface area contributed by atoms with Crippen molar-refractivity contribution < 1.29 is 0 Å². The molecule has 0 atom stereocenters. The number of nitrogens with zero attached hydrogens (tertiary/aromatic N) is 3. The summed E-state index contributed by atoms with van der Waals surface area (Å²) in [6, 6.07) is 27.6. The monoisotopic (exact) mass is 519 g/mol. The van der Waals surface area contributed by atoms with Gasteiger partial charge >= 0.3 is 213 Å². The molecule has 3 aromatic rings. The molecule has 0 N–H and O–H groups in total. The van der Waals surface area contributed by atoms with Crippen molar-refractivity contribution in [2.75, 3.05) is 54.0 Å². The van der Waals surface area contributed by atoms with Crippen LogP contribution in [0.1, 0.15) is 41.5 Å². The van der Waals surface area contributed by atoms with Gasteiger partial charge in [0, 0.05) is 0 Å². The van der Waals surface area contributed by atoms with Crippen molar-refractivity contribution in [1.82, 2.24) is 0 Å². The minimum atomic E-state index is -1.90. The molecule has 0 spiro atoms. The molecule has 0 saturated carbocycles. The maximum absolute atomic E-state index is 2.52. The Labute approximate surface area is 212 Å². The van der Waals surface area contributed by atoms with Gasteiger partial charge < -0.3 is 0 Å². The Kier molecular flexibility index (Phi) is 9.96. The molecule has 0 amide bonds. The van der Waals surface area contributed by atoms with Crippen LogP contribution in [0, 0.1) is 0 Å². The molecule has 3 aromatic carbocycles. The Balaban J connectivity index is 2.37. The van der Waals surface area contributed by atoms with Crippen molar-refractivity contribution >= 4 is 44.8 Å². The van der Waals surface area contributed by atoms with Crippen LogP contribution in [0.25, 0.3) is 0 Å². The molecular weight excluding hydrogens is 477 g/mol. The Morgan fingerprint density at radius 2 is 0.647 bits per heavy atom. The average Bonchev–Trinajstić information content (AvgIpc) is 2.89. The zero-order chi connectivity index (χ0) is 24.5. The van der Waals surface area contributed by atoms with E-state index < -0.39 is 14.7 Å². The van der Waals surface area contributed by atoms with Gasteiger partial charge in [0.05, 0.1) is 0 Å².